The predicted octanol–water partition coefficient (Wildman–Crippen LogP) is 2.55. The Bertz CT molecular complexity index is 566. The van der Waals surface area contributed by atoms with Gasteiger partial charge in [0, 0.05) is 29.6 Å². The summed E-state index contributed by atoms with van der Waals surface area (Å²) in [7, 11) is 5.26. The van der Waals surface area contributed by atoms with Crippen molar-refractivity contribution in [1.29, 1.82) is 0 Å². The molecule has 0 aliphatic heterocycles. The third kappa shape index (κ3) is 4.09. The van der Waals surface area contributed by atoms with E-state index < -0.39 is 0 Å². The van der Waals surface area contributed by atoms with Crippen molar-refractivity contribution in [1.82, 2.24) is 15.3 Å². The summed E-state index contributed by atoms with van der Waals surface area (Å²) in [6.45, 7) is 0. The van der Waals surface area contributed by atoms with E-state index in [0.717, 1.165) is 27.8 Å². The highest BCUT2D eigenvalue weighted by atomic mass is 32.2. The molecule has 1 aromatic carbocycles. The number of hydrogen-bond donors (Lipinski definition) is 1. The second-order valence-corrected chi connectivity index (χ2v) is 5.35. The van der Waals surface area contributed by atoms with E-state index in [0.29, 0.717) is 0 Å². The summed E-state index contributed by atoms with van der Waals surface area (Å²) in [5.41, 5.74) is 1.10. The van der Waals surface area contributed by atoms with E-state index in [4.69, 9.17) is 9.47 Å². The molecule has 1 atom stereocenters. The summed E-state index contributed by atoms with van der Waals surface area (Å²) in [4.78, 5) is 8.14. The summed E-state index contributed by atoms with van der Waals surface area (Å²) < 4.78 is 10.7. The minimum Gasteiger partial charge on any atom is -0.497 e. The Morgan fingerprint density at radius 1 is 1.24 bits per heavy atom. The van der Waals surface area contributed by atoms with E-state index in [-0.39, 0.29) is 6.04 Å². The average Bonchev–Trinajstić information content (AvgIpc) is 2.56. The average molecular weight is 305 g/mol. The van der Waals surface area contributed by atoms with Crippen molar-refractivity contribution in [3.05, 3.63) is 42.4 Å². The molecule has 0 saturated heterocycles. The quantitative estimate of drug-likeness (QED) is 0.627. The van der Waals surface area contributed by atoms with Crippen LogP contribution in [0.3, 0.4) is 0 Å². The first kappa shape index (κ1) is 15.6. The molecule has 6 heteroatoms. The fourth-order valence-electron chi connectivity index (χ4n) is 1.97. The van der Waals surface area contributed by atoms with Crippen LogP contribution < -0.4 is 14.8 Å². The Labute approximate surface area is 129 Å². The molecule has 1 aromatic heterocycles. The maximum Gasteiger partial charge on any atom is 0.127 e. The lowest BCUT2D eigenvalue weighted by molar-refractivity contribution is 0.387. The van der Waals surface area contributed by atoms with Gasteiger partial charge in [0.05, 0.1) is 19.2 Å². The molecule has 1 unspecified atom stereocenters. The molecule has 0 radical (unpaired) electrons. The van der Waals surface area contributed by atoms with Crippen molar-refractivity contribution in [3.8, 4) is 11.5 Å². The second-order valence-electron chi connectivity index (χ2n) is 4.31. The third-order valence-electron chi connectivity index (χ3n) is 3.12. The van der Waals surface area contributed by atoms with Gasteiger partial charge in [0.1, 0.15) is 17.8 Å². The van der Waals surface area contributed by atoms with Gasteiger partial charge in [0.15, 0.2) is 0 Å². The van der Waals surface area contributed by atoms with Crippen LogP contribution in [0, 0.1) is 0 Å². The SMILES string of the molecule is CNC(CSc1ccncn1)c1ccc(OC)cc1OC. The van der Waals surface area contributed by atoms with Crippen molar-refractivity contribution >= 4 is 11.8 Å². The lowest BCUT2D eigenvalue weighted by Crippen LogP contribution is -2.19. The molecule has 1 N–H and O–H groups in total. The lowest BCUT2D eigenvalue weighted by atomic mass is 10.1. The van der Waals surface area contributed by atoms with Gasteiger partial charge >= 0.3 is 0 Å². The summed E-state index contributed by atoms with van der Waals surface area (Å²) in [5.74, 6) is 2.45. The van der Waals surface area contributed by atoms with Crippen LogP contribution in [-0.2, 0) is 0 Å². The maximum absolute atomic E-state index is 5.47. The summed E-state index contributed by atoms with van der Waals surface area (Å²) >= 11 is 1.68. The monoisotopic (exact) mass is 305 g/mol. The van der Waals surface area contributed by atoms with E-state index in [1.54, 1.807) is 38.5 Å². The van der Waals surface area contributed by atoms with Crippen molar-refractivity contribution < 1.29 is 9.47 Å². The van der Waals surface area contributed by atoms with Crippen LogP contribution in [-0.4, -0.2) is 37.0 Å². The number of aromatic nitrogens is 2. The smallest absolute Gasteiger partial charge is 0.127 e. The highest BCUT2D eigenvalue weighted by Gasteiger charge is 2.16. The molecule has 5 nitrogen and oxygen atoms in total. The van der Waals surface area contributed by atoms with Gasteiger partial charge in [0.25, 0.3) is 0 Å². The van der Waals surface area contributed by atoms with Crippen LogP contribution in [0.2, 0.25) is 0 Å². The summed E-state index contributed by atoms with van der Waals surface area (Å²) in [6.07, 6.45) is 3.31. The standard InChI is InChI=1S/C15H19N3O2S/c1-16-13(9-21-15-6-7-17-10-18-15)12-5-4-11(19-2)8-14(12)20-3/h4-8,10,13,16H,9H2,1-3H3. The Balaban J connectivity index is 2.13. The fraction of sp³-hybridized carbons (Fsp3) is 0.333. The van der Waals surface area contributed by atoms with Crippen LogP contribution in [0.5, 0.6) is 11.5 Å². The number of benzene rings is 1. The first-order valence-corrected chi connectivity index (χ1v) is 7.55. The van der Waals surface area contributed by atoms with E-state index in [9.17, 15) is 0 Å². The zero-order chi connectivity index (χ0) is 15.1. The Morgan fingerprint density at radius 2 is 2.10 bits per heavy atom. The van der Waals surface area contributed by atoms with Gasteiger partial charge < -0.3 is 14.8 Å². The number of rotatable bonds is 7. The normalized spacial score (nSPS) is 12.0. The number of nitrogens with zero attached hydrogens (tertiary/aromatic N) is 2. The van der Waals surface area contributed by atoms with Crippen LogP contribution in [0.25, 0.3) is 0 Å². The van der Waals surface area contributed by atoms with Crippen LogP contribution in [0.1, 0.15) is 11.6 Å². The third-order valence-corrected chi connectivity index (χ3v) is 4.15. The Hall–Kier alpha value is -1.79. The number of thioether (sulfide) groups is 1. The Morgan fingerprint density at radius 3 is 2.71 bits per heavy atom. The number of methoxy groups -OCH3 is 2. The number of hydrogen-bond acceptors (Lipinski definition) is 6. The number of nitrogens with one attached hydrogen (secondary N) is 1. The molecule has 2 rings (SSSR count). The minimum absolute atomic E-state index is 0.158. The Kier molecular flexibility index (Phi) is 5.83. The lowest BCUT2D eigenvalue weighted by Gasteiger charge is -2.19. The van der Waals surface area contributed by atoms with Crippen molar-refractivity contribution in [3.63, 3.8) is 0 Å². The van der Waals surface area contributed by atoms with E-state index in [1.165, 1.54) is 0 Å². The van der Waals surface area contributed by atoms with Gasteiger partial charge in [-0.2, -0.15) is 0 Å². The number of ether oxygens (including phenoxy) is 2. The van der Waals surface area contributed by atoms with Crippen molar-refractivity contribution in [2.75, 3.05) is 27.0 Å². The van der Waals surface area contributed by atoms with Crippen molar-refractivity contribution in [2.24, 2.45) is 0 Å². The topological polar surface area (TPSA) is 56.3 Å². The van der Waals surface area contributed by atoms with Crippen LogP contribution in [0.4, 0.5) is 0 Å². The molecular weight excluding hydrogens is 286 g/mol. The van der Waals surface area contributed by atoms with Gasteiger partial charge in [-0.25, -0.2) is 9.97 Å². The van der Waals surface area contributed by atoms with Gasteiger partial charge in [0.2, 0.25) is 0 Å². The van der Waals surface area contributed by atoms with E-state index in [2.05, 4.69) is 15.3 Å². The first-order valence-electron chi connectivity index (χ1n) is 6.56. The molecule has 1 heterocycles. The molecule has 0 saturated carbocycles. The highest BCUT2D eigenvalue weighted by molar-refractivity contribution is 7.99. The molecule has 2 aromatic rings. The molecule has 0 amide bonds. The molecule has 0 fully saturated rings. The van der Waals surface area contributed by atoms with Crippen LogP contribution in [0.15, 0.2) is 41.8 Å². The van der Waals surface area contributed by atoms with Gasteiger partial charge in [-0.3, -0.25) is 0 Å². The second kappa shape index (κ2) is 7.85. The molecule has 0 spiro atoms. The maximum atomic E-state index is 5.47. The van der Waals surface area contributed by atoms with E-state index in [1.807, 2.05) is 31.3 Å². The van der Waals surface area contributed by atoms with Gasteiger partial charge in [-0.1, -0.05) is 6.07 Å². The molecular formula is C15H19N3O2S. The molecule has 0 aliphatic rings. The highest BCUT2D eigenvalue weighted by Crippen LogP contribution is 2.32. The zero-order valence-corrected chi connectivity index (χ0v) is 13.2. The molecule has 0 bridgehead atoms. The molecule has 21 heavy (non-hydrogen) atoms. The van der Waals surface area contributed by atoms with Crippen LogP contribution >= 0.6 is 11.8 Å². The summed E-state index contributed by atoms with van der Waals surface area (Å²) in [5, 5.41) is 4.27. The summed E-state index contributed by atoms with van der Waals surface area (Å²) in [6, 6.07) is 7.93. The van der Waals surface area contributed by atoms with Gasteiger partial charge in [-0.05, 0) is 19.2 Å². The molecule has 112 valence electrons. The van der Waals surface area contributed by atoms with Gasteiger partial charge in [-0.15, -0.1) is 11.8 Å². The van der Waals surface area contributed by atoms with Crippen molar-refractivity contribution in [2.45, 2.75) is 11.1 Å². The van der Waals surface area contributed by atoms with E-state index >= 15 is 0 Å². The fourth-order valence-corrected chi connectivity index (χ4v) is 2.93. The first-order chi connectivity index (χ1) is 10.3. The predicted molar refractivity (Wildman–Crippen MR) is 84.1 cm³/mol. The zero-order valence-electron chi connectivity index (χ0n) is 12.4. The molecule has 0 aliphatic carbocycles. The minimum atomic E-state index is 0.158. The largest absolute Gasteiger partial charge is 0.497 e.